The number of esters is 1. The van der Waals surface area contributed by atoms with Gasteiger partial charge in [0.1, 0.15) is 12.1 Å². The number of benzene rings is 2. The second kappa shape index (κ2) is 7.53. The van der Waals surface area contributed by atoms with Crippen molar-refractivity contribution in [2.45, 2.75) is 39.2 Å². The zero-order chi connectivity index (χ0) is 19.8. The third kappa shape index (κ3) is 4.63. The van der Waals surface area contributed by atoms with Gasteiger partial charge >= 0.3 is 5.97 Å². The van der Waals surface area contributed by atoms with Gasteiger partial charge in [0, 0.05) is 12.1 Å². The Morgan fingerprint density at radius 3 is 2.37 bits per heavy atom. The quantitative estimate of drug-likeness (QED) is 0.652. The maximum atomic E-state index is 12.4. The van der Waals surface area contributed by atoms with Crippen LogP contribution in [0.25, 0.3) is 11.1 Å². The Hall–Kier alpha value is -2.04. The predicted octanol–water partition coefficient (Wildman–Crippen LogP) is 5.28. The minimum atomic E-state index is -0.587. The molecule has 0 saturated heterocycles. The van der Waals surface area contributed by atoms with Gasteiger partial charge in [0.25, 0.3) is 0 Å². The standard InChI is InChI=1S/C21H21Cl2NO3/c1-21(2,3)27-20(26)12-24-18-8-5-13(10-15(18)6-9-19(24)25)14-4-7-16(22)17(23)11-14/h4-5,7-8,10-11H,6,9,12H2,1-3H3. The summed E-state index contributed by atoms with van der Waals surface area (Å²) < 4.78 is 5.36. The molecule has 0 aliphatic carbocycles. The van der Waals surface area contributed by atoms with Crippen molar-refractivity contribution < 1.29 is 14.3 Å². The summed E-state index contributed by atoms with van der Waals surface area (Å²) in [6, 6.07) is 11.3. The summed E-state index contributed by atoms with van der Waals surface area (Å²) in [7, 11) is 0. The highest BCUT2D eigenvalue weighted by molar-refractivity contribution is 6.42. The predicted molar refractivity (Wildman–Crippen MR) is 108 cm³/mol. The highest BCUT2D eigenvalue weighted by Gasteiger charge is 2.28. The molecular formula is C21H21Cl2NO3. The van der Waals surface area contributed by atoms with Gasteiger partial charge in [-0.25, -0.2) is 0 Å². The van der Waals surface area contributed by atoms with Gasteiger partial charge in [0.15, 0.2) is 0 Å². The highest BCUT2D eigenvalue weighted by Crippen LogP contribution is 2.34. The van der Waals surface area contributed by atoms with Gasteiger partial charge in [-0.05, 0) is 68.1 Å². The van der Waals surface area contributed by atoms with E-state index in [2.05, 4.69) is 0 Å². The van der Waals surface area contributed by atoms with Crippen molar-refractivity contribution >= 4 is 40.8 Å². The Kier molecular flexibility index (Phi) is 5.50. The molecule has 4 nitrogen and oxygen atoms in total. The molecule has 6 heteroatoms. The van der Waals surface area contributed by atoms with Gasteiger partial charge in [-0.2, -0.15) is 0 Å². The number of hydrogen-bond acceptors (Lipinski definition) is 3. The van der Waals surface area contributed by atoms with Crippen molar-refractivity contribution in [3.63, 3.8) is 0 Å². The number of carbonyl (C=O) groups excluding carboxylic acids is 2. The highest BCUT2D eigenvalue weighted by atomic mass is 35.5. The van der Waals surface area contributed by atoms with Gasteiger partial charge < -0.3 is 9.64 Å². The largest absolute Gasteiger partial charge is 0.459 e. The third-order valence-electron chi connectivity index (χ3n) is 4.24. The second-order valence-corrected chi connectivity index (χ2v) is 8.35. The number of nitrogens with zero attached hydrogens (tertiary/aromatic N) is 1. The third-order valence-corrected chi connectivity index (χ3v) is 4.98. The fourth-order valence-corrected chi connectivity index (χ4v) is 3.39. The first-order valence-electron chi connectivity index (χ1n) is 8.74. The van der Waals surface area contributed by atoms with E-state index in [0.29, 0.717) is 22.9 Å². The van der Waals surface area contributed by atoms with E-state index in [1.54, 1.807) is 26.8 Å². The topological polar surface area (TPSA) is 46.6 Å². The van der Waals surface area contributed by atoms with Crippen LogP contribution < -0.4 is 4.90 Å². The van der Waals surface area contributed by atoms with Crippen LogP contribution in [0.1, 0.15) is 32.8 Å². The smallest absolute Gasteiger partial charge is 0.326 e. The molecule has 0 atom stereocenters. The van der Waals surface area contributed by atoms with E-state index < -0.39 is 11.6 Å². The number of hydrogen-bond donors (Lipinski definition) is 0. The lowest BCUT2D eigenvalue weighted by molar-refractivity contribution is -0.153. The lowest BCUT2D eigenvalue weighted by Gasteiger charge is -2.30. The number of halogens is 2. The molecule has 0 radical (unpaired) electrons. The monoisotopic (exact) mass is 405 g/mol. The molecule has 0 spiro atoms. The zero-order valence-electron chi connectivity index (χ0n) is 15.5. The van der Waals surface area contributed by atoms with E-state index in [1.165, 1.54) is 4.90 Å². The molecule has 0 aromatic heterocycles. The lowest BCUT2D eigenvalue weighted by atomic mass is 9.96. The SMILES string of the molecule is CC(C)(C)OC(=O)CN1C(=O)CCc2cc(-c3ccc(Cl)c(Cl)c3)ccc21. The first-order chi connectivity index (χ1) is 12.6. The molecule has 2 aromatic carbocycles. The fraction of sp³-hybridized carbons (Fsp3) is 0.333. The molecule has 0 saturated carbocycles. The number of rotatable bonds is 3. The molecule has 0 bridgehead atoms. The van der Waals surface area contributed by atoms with E-state index in [0.717, 1.165) is 22.4 Å². The second-order valence-electron chi connectivity index (χ2n) is 7.54. The molecule has 1 amide bonds. The Balaban J connectivity index is 1.89. The number of aryl methyl sites for hydroxylation is 1. The normalized spacial score (nSPS) is 14.1. The first kappa shape index (κ1) is 19.7. The average molecular weight is 406 g/mol. The van der Waals surface area contributed by atoms with Crippen molar-refractivity contribution in [3.05, 3.63) is 52.0 Å². The van der Waals surface area contributed by atoms with E-state index in [9.17, 15) is 9.59 Å². The van der Waals surface area contributed by atoms with Gasteiger partial charge in [-0.3, -0.25) is 9.59 Å². The van der Waals surface area contributed by atoms with Crippen LogP contribution in [0.15, 0.2) is 36.4 Å². The molecule has 0 unspecified atom stereocenters. The van der Waals surface area contributed by atoms with E-state index >= 15 is 0 Å². The zero-order valence-corrected chi connectivity index (χ0v) is 17.0. The Morgan fingerprint density at radius 2 is 1.70 bits per heavy atom. The van der Waals surface area contributed by atoms with Crippen LogP contribution in [0.3, 0.4) is 0 Å². The van der Waals surface area contributed by atoms with E-state index in [4.69, 9.17) is 27.9 Å². The minimum absolute atomic E-state index is 0.0735. The summed E-state index contributed by atoms with van der Waals surface area (Å²) in [6.45, 7) is 5.33. The number of anilines is 1. The van der Waals surface area contributed by atoms with Crippen molar-refractivity contribution in [1.29, 1.82) is 0 Å². The lowest BCUT2D eigenvalue weighted by Crippen LogP contribution is -2.41. The van der Waals surface area contributed by atoms with E-state index in [-0.39, 0.29) is 12.5 Å². The van der Waals surface area contributed by atoms with Crippen LogP contribution in [0.2, 0.25) is 10.0 Å². The molecule has 0 fully saturated rings. The summed E-state index contributed by atoms with van der Waals surface area (Å²) in [5.74, 6) is -0.493. The number of carbonyl (C=O) groups is 2. The van der Waals surface area contributed by atoms with Gasteiger partial charge in [0.05, 0.1) is 10.0 Å². The average Bonchev–Trinajstić information content (AvgIpc) is 2.58. The molecule has 142 valence electrons. The molecule has 3 rings (SSSR count). The minimum Gasteiger partial charge on any atom is -0.459 e. The molecule has 1 aliphatic rings. The molecular weight excluding hydrogens is 385 g/mol. The van der Waals surface area contributed by atoms with Crippen molar-refractivity contribution in [2.75, 3.05) is 11.4 Å². The Bertz CT molecular complexity index is 903. The number of amides is 1. The molecule has 1 aliphatic heterocycles. The van der Waals surface area contributed by atoms with Crippen molar-refractivity contribution in [2.24, 2.45) is 0 Å². The summed E-state index contributed by atoms with van der Waals surface area (Å²) in [6.07, 6.45) is 0.995. The van der Waals surface area contributed by atoms with Gasteiger partial charge in [-0.1, -0.05) is 35.3 Å². The molecule has 27 heavy (non-hydrogen) atoms. The van der Waals surface area contributed by atoms with Crippen LogP contribution in [0.4, 0.5) is 5.69 Å². The molecule has 0 N–H and O–H groups in total. The van der Waals surface area contributed by atoms with Gasteiger partial charge in [0.2, 0.25) is 5.91 Å². The summed E-state index contributed by atoms with van der Waals surface area (Å²) in [5.41, 5.74) is 3.11. The van der Waals surface area contributed by atoms with Crippen molar-refractivity contribution in [1.82, 2.24) is 0 Å². The first-order valence-corrected chi connectivity index (χ1v) is 9.50. The van der Waals surface area contributed by atoms with Crippen LogP contribution in [0.5, 0.6) is 0 Å². The fourth-order valence-electron chi connectivity index (χ4n) is 3.09. The summed E-state index contributed by atoms with van der Waals surface area (Å²) >= 11 is 12.1. The Labute approximate surface area is 169 Å². The van der Waals surface area contributed by atoms with Crippen LogP contribution >= 0.6 is 23.2 Å². The maximum absolute atomic E-state index is 12.4. The number of fused-ring (bicyclic) bond motifs is 1. The summed E-state index contributed by atoms with van der Waals surface area (Å²) in [5, 5.41) is 1.00. The van der Waals surface area contributed by atoms with Crippen LogP contribution in [-0.2, 0) is 20.7 Å². The summed E-state index contributed by atoms with van der Waals surface area (Å²) in [4.78, 5) is 26.1. The molecule has 1 heterocycles. The maximum Gasteiger partial charge on any atom is 0.326 e. The number of ether oxygens (including phenoxy) is 1. The van der Waals surface area contributed by atoms with Crippen LogP contribution in [0, 0.1) is 0 Å². The Morgan fingerprint density at radius 1 is 1.04 bits per heavy atom. The van der Waals surface area contributed by atoms with E-state index in [1.807, 2.05) is 30.3 Å². The van der Waals surface area contributed by atoms with Crippen LogP contribution in [-0.4, -0.2) is 24.0 Å². The van der Waals surface area contributed by atoms with Crippen molar-refractivity contribution in [3.8, 4) is 11.1 Å². The molecule has 2 aromatic rings. The van der Waals surface area contributed by atoms with Gasteiger partial charge in [-0.15, -0.1) is 0 Å².